The summed E-state index contributed by atoms with van der Waals surface area (Å²) in [4.78, 5) is 17.4. The van der Waals surface area contributed by atoms with Gasteiger partial charge in [-0.15, -0.1) is 0 Å². The predicted molar refractivity (Wildman–Crippen MR) is 153 cm³/mol. The highest BCUT2D eigenvalue weighted by Crippen LogP contribution is 2.44. The summed E-state index contributed by atoms with van der Waals surface area (Å²) in [5.41, 5.74) is 3.40. The van der Waals surface area contributed by atoms with Crippen molar-refractivity contribution in [2.45, 2.75) is 70.1 Å². The number of halogens is 2. The Morgan fingerprint density at radius 2 is 1.87 bits per heavy atom. The van der Waals surface area contributed by atoms with Crippen LogP contribution in [0.5, 0.6) is 0 Å². The number of hydrogen-bond donors (Lipinski definition) is 0. The van der Waals surface area contributed by atoms with Crippen molar-refractivity contribution < 1.29 is 13.9 Å². The average Bonchev–Trinajstić information content (AvgIpc) is 3.27. The van der Waals surface area contributed by atoms with Crippen molar-refractivity contribution in [1.29, 1.82) is 0 Å². The molecule has 0 bridgehead atoms. The molecule has 3 fully saturated rings. The summed E-state index contributed by atoms with van der Waals surface area (Å²) in [6.07, 6.45) is 9.60. The lowest BCUT2D eigenvalue weighted by molar-refractivity contribution is -0.141. The Kier molecular flexibility index (Phi) is 7.97. The van der Waals surface area contributed by atoms with Gasteiger partial charge in [0.2, 0.25) is 0 Å². The topological polar surface area (TPSA) is 37.7 Å². The molecular weight excluding hydrogens is 513 g/mol. The number of piperidine rings is 3. The monoisotopic (exact) mass is 551 g/mol. The van der Waals surface area contributed by atoms with E-state index in [-0.39, 0.29) is 11.8 Å². The molecule has 0 aliphatic carbocycles. The Hall–Kier alpha value is -2.41. The lowest BCUT2D eigenvalue weighted by Crippen LogP contribution is -2.64. The zero-order valence-electron chi connectivity index (χ0n) is 22.8. The van der Waals surface area contributed by atoms with Gasteiger partial charge >= 0.3 is 5.97 Å². The van der Waals surface area contributed by atoms with Crippen LogP contribution in [-0.2, 0) is 22.6 Å². The van der Waals surface area contributed by atoms with Gasteiger partial charge < -0.3 is 9.30 Å². The van der Waals surface area contributed by atoms with Crippen LogP contribution in [0.2, 0.25) is 5.02 Å². The Labute approximate surface area is 235 Å². The maximum absolute atomic E-state index is 14.5. The van der Waals surface area contributed by atoms with Gasteiger partial charge in [0.15, 0.2) is 0 Å². The number of esters is 1. The first-order valence-electron chi connectivity index (χ1n) is 14.6. The SMILES string of the molecule is COC(=O)CCC[C@@H]1[C@H]2CCCN3CCC[C@H](CN1Cc1cn(Cc4ccc(Cl)cc4)c4ccc(F)cc14)[C@@H]23. The van der Waals surface area contributed by atoms with Crippen LogP contribution in [0.25, 0.3) is 10.9 Å². The highest BCUT2D eigenvalue weighted by Gasteiger charge is 2.48. The third-order valence-electron chi connectivity index (χ3n) is 9.45. The van der Waals surface area contributed by atoms with Crippen LogP contribution in [0.3, 0.4) is 0 Å². The quantitative estimate of drug-likeness (QED) is 0.299. The standard InChI is InChI=1S/C32H39ClFN3O2/c1-39-31(38)8-2-7-29-27-6-4-16-35-15-3-5-23(32(27)35)19-37(29)21-24-20-36(18-22-9-11-25(33)12-10-22)30-14-13-26(34)17-28(24)30/h9-14,17,20,23,27,29,32H,2-8,15-16,18-19,21H2,1H3/t23-,27-,29-,32+/m1/s1. The van der Waals surface area contributed by atoms with Crippen LogP contribution in [0.15, 0.2) is 48.7 Å². The number of carbonyl (C=O) groups is 1. The number of hydrogen-bond acceptors (Lipinski definition) is 4. The molecule has 3 saturated heterocycles. The van der Waals surface area contributed by atoms with Gasteiger partial charge in [0.05, 0.1) is 7.11 Å². The van der Waals surface area contributed by atoms with Crippen molar-refractivity contribution in [3.8, 4) is 0 Å². The van der Waals surface area contributed by atoms with E-state index < -0.39 is 0 Å². The number of benzene rings is 2. The summed E-state index contributed by atoms with van der Waals surface area (Å²) in [6, 6.07) is 14.2. The Morgan fingerprint density at radius 1 is 1.08 bits per heavy atom. The average molecular weight is 552 g/mol. The largest absolute Gasteiger partial charge is 0.469 e. The molecule has 0 spiro atoms. The summed E-state index contributed by atoms with van der Waals surface area (Å²) in [7, 11) is 1.47. The van der Waals surface area contributed by atoms with Crippen molar-refractivity contribution in [2.24, 2.45) is 11.8 Å². The first-order valence-corrected chi connectivity index (χ1v) is 14.9. The first kappa shape index (κ1) is 26.8. The second kappa shape index (κ2) is 11.6. The van der Waals surface area contributed by atoms with Gasteiger partial charge in [-0.05, 0) is 105 Å². The molecule has 6 rings (SSSR count). The van der Waals surface area contributed by atoms with Gasteiger partial charge in [-0.1, -0.05) is 23.7 Å². The van der Waals surface area contributed by atoms with E-state index in [0.29, 0.717) is 36.9 Å². The first-order chi connectivity index (χ1) is 19.0. The Balaban J connectivity index is 1.31. The van der Waals surface area contributed by atoms with E-state index in [0.717, 1.165) is 47.4 Å². The van der Waals surface area contributed by atoms with E-state index in [2.05, 4.69) is 32.7 Å². The molecule has 208 valence electrons. The smallest absolute Gasteiger partial charge is 0.305 e. The number of nitrogens with zero attached hydrogens (tertiary/aromatic N) is 3. The van der Waals surface area contributed by atoms with Crippen LogP contribution < -0.4 is 0 Å². The normalized spacial score (nSPS) is 25.5. The summed E-state index contributed by atoms with van der Waals surface area (Å²) in [5.74, 6) is 0.977. The highest BCUT2D eigenvalue weighted by atomic mass is 35.5. The van der Waals surface area contributed by atoms with Crippen LogP contribution in [0.1, 0.15) is 56.1 Å². The van der Waals surface area contributed by atoms with Gasteiger partial charge in [-0.25, -0.2) is 4.39 Å². The number of rotatable bonds is 8. The number of aromatic nitrogens is 1. The molecule has 0 radical (unpaired) electrons. The number of fused-ring (bicyclic) bond motifs is 1. The molecule has 4 atom stereocenters. The van der Waals surface area contributed by atoms with Crippen LogP contribution >= 0.6 is 11.6 Å². The minimum Gasteiger partial charge on any atom is -0.469 e. The van der Waals surface area contributed by atoms with E-state index in [1.54, 1.807) is 12.1 Å². The minimum atomic E-state index is -0.198. The van der Waals surface area contributed by atoms with Crippen LogP contribution in [-0.4, -0.2) is 59.2 Å². The number of ether oxygens (including phenoxy) is 1. The number of likely N-dealkylation sites (tertiary alicyclic amines) is 1. The molecule has 5 nitrogen and oxygen atoms in total. The van der Waals surface area contributed by atoms with Crippen molar-refractivity contribution in [1.82, 2.24) is 14.4 Å². The molecule has 0 unspecified atom stereocenters. The molecule has 7 heteroatoms. The van der Waals surface area contributed by atoms with Crippen molar-refractivity contribution >= 4 is 28.5 Å². The molecule has 3 aliphatic rings. The Morgan fingerprint density at radius 3 is 2.67 bits per heavy atom. The van der Waals surface area contributed by atoms with Gasteiger partial charge in [-0.2, -0.15) is 0 Å². The lowest BCUT2D eigenvalue weighted by atomic mass is 9.69. The van der Waals surface area contributed by atoms with E-state index in [1.165, 1.54) is 51.4 Å². The van der Waals surface area contributed by atoms with Crippen LogP contribution in [0.4, 0.5) is 4.39 Å². The van der Waals surface area contributed by atoms with Crippen molar-refractivity contribution in [3.63, 3.8) is 0 Å². The molecule has 0 saturated carbocycles. The third kappa shape index (κ3) is 5.61. The fourth-order valence-electron chi connectivity index (χ4n) is 7.82. The van der Waals surface area contributed by atoms with Gasteiger partial charge in [0.25, 0.3) is 0 Å². The maximum Gasteiger partial charge on any atom is 0.305 e. The van der Waals surface area contributed by atoms with Gasteiger partial charge in [0, 0.05) is 60.3 Å². The van der Waals surface area contributed by atoms with Crippen molar-refractivity contribution in [2.75, 3.05) is 26.7 Å². The van der Waals surface area contributed by atoms with Gasteiger partial charge in [0.1, 0.15) is 5.82 Å². The van der Waals surface area contributed by atoms with Crippen molar-refractivity contribution in [3.05, 3.63) is 70.6 Å². The molecule has 3 aliphatic heterocycles. The zero-order chi connectivity index (χ0) is 26.9. The molecule has 2 aromatic carbocycles. The fourth-order valence-corrected chi connectivity index (χ4v) is 7.95. The Bertz CT molecular complexity index is 1310. The van der Waals surface area contributed by atoms with E-state index in [1.807, 2.05) is 18.2 Å². The number of carbonyl (C=O) groups excluding carboxylic acids is 1. The lowest BCUT2D eigenvalue weighted by Gasteiger charge is -2.57. The molecule has 4 heterocycles. The summed E-state index contributed by atoms with van der Waals surface area (Å²) < 4.78 is 21.7. The summed E-state index contributed by atoms with van der Waals surface area (Å²) in [6.45, 7) is 5.04. The second-order valence-corrected chi connectivity index (χ2v) is 12.2. The highest BCUT2D eigenvalue weighted by molar-refractivity contribution is 6.30. The van der Waals surface area contributed by atoms with E-state index in [9.17, 15) is 9.18 Å². The molecule has 3 aromatic rings. The van der Waals surface area contributed by atoms with Gasteiger partial charge in [-0.3, -0.25) is 14.6 Å². The van der Waals surface area contributed by atoms with E-state index >= 15 is 0 Å². The fraction of sp³-hybridized carbons (Fsp3) is 0.531. The van der Waals surface area contributed by atoms with E-state index in [4.69, 9.17) is 16.3 Å². The van der Waals surface area contributed by atoms with Crippen LogP contribution in [0, 0.1) is 17.7 Å². The number of methoxy groups -OCH3 is 1. The molecule has 39 heavy (non-hydrogen) atoms. The predicted octanol–water partition coefficient (Wildman–Crippen LogP) is 6.50. The molecule has 1 aromatic heterocycles. The summed E-state index contributed by atoms with van der Waals surface area (Å²) >= 11 is 6.12. The molecular formula is C32H39ClFN3O2. The zero-order valence-corrected chi connectivity index (χ0v) is 23.6. The molecule has 0 N–H and O–H groups in total. The third-order valence-corrected chi connectivity index (χ3v) is 9.70. The minimum absolute atomic E-state index is 0.126. The second-order valence-electron chi connectivity index (χ2n) is 11.8. The molecule has 0 amide bonds. The summed E-state index contributed by atoms with van der Waals surface area (Å²) in [5, 5.41) is 1.72. The maximum atomic E-state index is 14.5.